The number of benzene rings is 1. The largest absolute Gasteiger partial charge is 0.287 e. The van der Waals surface area contributed by atoms with Crippen LogP contribution in [0.15, 0.2) is 24.3 Å². The van der Waals surface area contributed by atoms with Gasteiger partial charge in [0.25, 0.3) is 0 Å². The van der Waals surface area contributed by atoms with E-state index in [4.69, 9.17) is 0 Å². The van der Waals surface area contributed by atoms with Crippen LogP contribution in [0.3, 0.4) is 0 Å². The van der Waals surface area contributed by atoms with Gasteiger partial charge < -0.3 is 0 Å². The van der Waals surface area contributed by atoms with Crippen LogP contribution in [-0.2, 0) is 0 Å². The molecule has 2 aromatic rings. The Kier molecular flexibility index (Phi) is 3.28. The lowest BCUT2D eigenvalue weighted by atomic mass is 10.0. The minimum atomic E-state index is -0.513. The van der Waals surface area contributed by atoms with E-state index in [0.717, 1.165) is 11.5 Å². The second-order valence-electron chi connectivity index (χ2n) is 3.95. The van der Waals surface area contributed by atoms with Gasteiger partial charge in [0.15, 0.2) is 0 Å². The van der Waals surface area contributed by atoms with E-state index in [1.165, 1.54) is 12.1 Å². The maximum absolute atomic E-state index is 13.5. The van der Waals surface area contributed by atoms with Gasteiger partial charge in [0, 0.05) is 0 Å². The second kappa shape index (κ2) is 4.71. The molecule has 0 aliphatic rings. The van der Waals surface area contributed by atoms with E-state index in [1.807, 2.05) is 13.8 Å². The fraction of sp³-hybridized carbons (Fsp3) is 0.250. The molecule has 0 N–H and O–H groups in total. The first kappa shape index (κ1) is 11.9. The highest BCUT2D eigenvalue weighted by Gasteiger charge is 2.21. The molecule has 1 aromatic heterocycles. The molecule has 0 amide bonds. The number of carbonyl (C=O) groups is 1. The van der Waals surface area contributed by atoms with Crippen molar-refractivity contribution in [3.63, 3.8) is 0 Å². The van der Waals surface area contributed by atoms with Crippen molar-refractivity contribution in [1.29, 1.82) is 0 Å². The lowest BCUT2D eigenvalue weighted by molar-refractivity contribution is 0.103. The molecule has 0 aliphatic heterocycles. The Labute approximate surface area is 102 Å². The van der Waals surface area contributed by atoms with Gasteiger partial charge in [0.2, 0.25) is 5.78 Å². The molecule has 0 radical (unpaired) electrons. The van der Waals surface area contributed by atoms with E-state index in [2.05, 4.69) is 9.59 Å². The number of rotatable bonds is 3. The highest BCUT2D eigenvalue weighted by Crippen LogP contribution is 2.23. The number of ketones is 1. The van der Waals surface area contributed by atoms with Gasteiger partial charge in [-0.2, -0.15) is 0 Å². The maximum atomic E-state index is 13.5. The van der Waals surface area contributed by atoms with Crippen LogP contribution in [-0.4, -0.2) is 15.4 Å². The Morgan fingerprint density at radius 2 is 2.06 bits per heavy atom. The fourth-order valence-corrected chi connectivity index (χ4v) is 2.27. The Morgan fingerprint density at radius 3 is 2.71 bits per heavy atom. The maximum Gasteiger partial charge on any atom is 0.209 e. The molecule has 1 heterocycles. The zero-order chi connectivity index (χ0) is 12.4. The van der Waals surface area contributed by atoms with Crippen LogP contribution in [0.4, 0.5) is 4.39 Å². The van der Waals surface area contributed by atoms with Crippen molar-refractivity contribution in [1.82, 2.24) is 9.59 Å². The summed E-state index contributed by atoms with van der Waals surface area (Å²) in [5.74, 6) is -0.762. The molecule has 5 heteroatoms. The van der Waals surface area contributed by atoms with Gasteiger partial charge in [-0.05, 0) is 29.6 Å². The number of carbonyl (C=O) groups excluding carboxylic acids is 1. The summed E-state index contributed by atoms with van der Waals surface area (Å²) in [6.45, 7) is 3.85. The molecule has 88 valence electrons. The molecule has 0 atom stereocenters. The number of hydrogen-bond acceptors (Lipinski definition) is 4. The molecule has 0 saturated carbocycles. The van der Waals surface area contributed by atoms with Gasteiger partial charge in [-0.1, -0.05) is 30.5 Å². The molecule has 0 saturated heterocycles. The Balaban J connectivity index is 2.45. The molecule has 0 bridgehead atoms. The van der Waals surface area contributed by atoms with Gasteiger partial charge in [0.05, 0.1) is 11.3 Å². The fourth-order valence-electron chi connectivity index (χ4n) is 1.50. The number of hydrogen-bond donors (Lipinski definition) is 0. The van der Waals surface area contributed by atoms with Crippen LogP contribution in [0.2, 0.25) is 0 Å². The van der Waals surface area contributed by atoms with Crippen molar-refractivity contribution in [3.05, 3.63) is 46.2 Å². The summed E-state index contributed by atoms with van der Waals surface area (Å²) in [5, 5.41) is 3.92. The van der Waals surface area contributed by atoms with Gasteiger partial charge in [0.1, 0.15) is 10.7 Å². The first-order chi connectivity index (χ1) is 8.11. The van der Waals surface area contributed by atoms with Crippen LogP contribution in [0, 0.1) is 5.82 Å². The third-order valence-electron chi connectivity index (χ3n) is 2.38. The molecule has 17 heavy (non-hydrogen) atoms. The molecule has 0 spiro atoms. The lowest BCUT2D eigenvalue weighted by Gasteiger charge is -2.03. The monoisotopic (exact) mass is 250 g/mol. The number of aromatic nitrogens is 2. The quantitative estimate of drug-likeness (QED) is 0.786. The zero-order valence-electron chi connectivity index (χ0n) is 9.48. The minimum Gasteiger partial charge on any atom is -0.287 e. The summed E-state index contributed by atoms with van der Waals surface area (Å²) >= 11 is 1.01. The standard InChI is InChI=1S/C12H11FN2OS/c1-7(2)10-12(17-15-14-10)11(16)8-5-3-4-6-9(8)13/h3-7H,1-2H3. The highest BCUT2D eigenvalue weighted by atomic mass is 32.1. The summed E-state index contributed by atoms with van der Waals surface area (Å²) in [7, 11) is 0. The second-order valence-corrected chi connectivity index (χ2v) is 4.71. The first-order valence-corrected chi connectivity index (χ1v) is 6.00. The summed E-state index contributed by atoms with van der Waals surface area (Å²) in [6.07, 6.45) is 0. The molecular weight excluding hydrogens is 239 g/mol. The Morgan fingerprint density at radius 1 is 1.35 bits per heavy atom. The molecule has 0 fully saturated rings. The molecule has 0 unspecified atom stereocenters. The third-order valence-corrected chi connectivity index (χ3v) is 3.13. The predicted octanol–water partition coefficient (Wildman–Crippen LogP) is 3.03. The van der Waals surface area contributed by atoms with E-state index in [0.29, 0.717) is 10.6 Å². The van der Waals surface area contributed by atoms with E-state index in [-0.39, 0.29) is 17.3 Å². The SMILES string of the molecule is CC(C)c1nnsc1C(=O)c1ccccc1F. The van der Waals surface area contributed by atoms with Gasteiger partial charge in [-0.25, -0.2) is 4.39 Å². The summed E-state index contributed by atoms with van der Waals surface area (Å²) < 4.78 is 17.3. The van der Waals surface area contributed by atoms with E-state index < -0.39 is 5.82 Å². The van der Waals surface area contributed by atoms with Crippen LogP contribution in [0.1, 0.15) is 40.7 Å². The highest BCUT2D eigenvalue weighted by molar-refractivity contribution is 7.08. The van der Waals surface area contributed by atoms with Gasteiger partial charge in [-0.15, -0.1) is 5.10 Å². The average molecular weight is 250 g/mol. The smallest absolute Gasteiger partial charge is 0.209 e. The van der Waals surface area contributed by atoms with Crippen molar-refractivity contribution < 1.29 is 9.18 Å². The molecule has 3 nitrogen and oxygen atoms in total. The molecule has 1 aromatic carbocycles. The normalized spacial score (nSPS) is 10.8. The van der Waals surface area contributed by atoms with Crippen molar-refractivity contribution in [3.8, 4) is 0 Å². The molecular formula is C12H11FN2OS. The van der Waals surface area contributed by atoms with Crippen LogP contribution in [0.5, 0.6) is 0 Å². The van der Waals surface area contributed by atoms with Crippen LogP contribution in [0.25, 0.3) is 0 Å². The van der Waals surface area contributed by atoms with E-state index in [1.54, 1.807) is 12.1 Å². The first-order valence-electron chi connectivity index (χ1n) is 5.22. The number of halogens is 1. The van der Waals surface area contributed by atoms with Gasteiger partial charge in [-0.3, -0.25) is 4.79 Å². The third kappa shape index (κ3) is 2.24. The average Bonchev–Trinajstić information content (AvgIpc) is 2.77. The summed E-state index contributed by atoms with van der Waals surface area (Å²) in [4.78, 5) is 12.6. The van der Waals surface area contributed by atoms with Crippen molar-refractivity contribution >= 4 is 17.3 Å². The molecule has 2 rings (SSSR count). The van der Waals surface area contributed by atoms with Crippen LogP contribution >= 0.6 is 11.5 Å². The van der Waals surface area contributed by atoms with E-state index >= 15 is 0 Å². The van der Waals surface area contributed by atoms with E-state index in [9.17, 15) is 9.18 Å². The van der Waals surface area contributed by atoms with Gasteiger partial charge >= 0.3 is 0 Å². The summed E-state index contributed by atoms with van der Waals surface area (Å²) in [5.41, 5.74) is 0.698. The predicted molar refractivity (Wildman–Crippen MR) is 63.8 cm³/mol. The Hall–Kier alpha value is -1.62. The van der Waals surface area contributed by atoms with Crippen LogP contribution < -0.4 is 0 Å². The Bertz CT molecular complexity index is 551. The minimum absolute atomic E-state index is 0.0699. The molecule has 0 aliphatic carbocycles. The zero-order valence-corrected chi connectivity index (χ0v) is 10.3. The topological polar surface area (TPSA) is 42.9 Å². The van der Waals surface area contributed by atoms with Crippen molar-refractivity contribution in [2.75, 3.05) is 0 Å². The lowest BCUT2D eigenvalue weighted by Crippen LogP contribution is -2.06. The summed E-state index contributed by atoms with van der Waals surface area (Å²) in [6, 6.07) is 5.94. The van der Waals surface area contributed by atoms with Crippen molar-refractivity contribution in [2.24, 2.45) is 0 Å². The number of nitrogens with zero attached hydrogens (tertiary/aromatic N) is 2. The van der Waals surface area contributed by atoms with Crippen molar-refractivity contribution in [2.45, 2.75) is 19.8 Å².